The van der Waals surface area contributed by atoms with Gasteiger partial charge in [0.2, 0.25) is 5.91 Å². The summed E-state index contributed by atoms with van der Waals surface area (Å²) in [5, 5.41) is 6.39. The summed E-state index contributed by atoms with van der Waals surface area (Å²) in [6, 6.07) is 7.99. The number of carbonyl (C=O) groups is 1. The van der Waals surface area contributed by atoms with Gasteiger partial charge in [0.25, 0.3) is 0 Å². The Morgan fingerprint density at radius 3 is 2.95 bits per heavy atom. The third-order valence-corrected chi connectivity index (χ3v) is 3.84. The van der Waals surface area contributed by atoms with Gasteiger partial charge in [0.05, 0.1) is 19.3 Å². The Labute approximate surface area is 126 Å². The maximum Gasteiger partial charge on any atom is 0.238 e. The third kappa shape index (κ3) is 4.72. The van der Waals surface area contributed by atoms with Crippen molar-refractivity contribution in [2.45, 2.75) is 25.8 Å². The summed E-state index contributed by atoms with van der Waals surface area (Å²) in [6.45, 7) is 5.39. The standard InChI is InChI=1S/C16H25N3O2/c1-3-19(11-13-7-6-10-17-13)12-16(20)18-14-8-4-5-9-15(14)21-2/h4-5,8-9,13,17H,3,6-7,10-12H2,1-2H3,(H,18,20). The molecular weight excluding hydrogens is 266 g/mol. The monoisotopic (exact) mass is 291 g/mol. The van der Waals surface area contributed by atoms with Crippen molar-refractivity contribution in [3.63, 3.8) is 0 Å². The molecular formula is C16H25N3O2. The minimum Gasteiger partial charge on any atom is -0.495 e. The molecule has 1 aromatic rings. The van der Waals surface area contributed by atoms with E-state index in [9.17, 15) is 4.79 Å². The van der Waals surface area contributed by atoms with Crippen LogP contribution in [0.15, 0.2) is 24.3 Å². The topological polar surface area (TPSA) is 53.6 Å². The number of carbonyl (C=O) groups excluding carboxylic acids is 1. The molecule has 0 bridgehead atoms. The van der Waals surface area contributed by atoms with Crippen LogP contribution in [-0.4, -0.2) is 50.1 Å². The number of methoxy groups -OCH3 is 1. The minimum absolute atomic E-state index is 0.000605. The van der Waals surface area contributed by atoms with Gasteiger partial charge in [-0.25, -0.2) is 0 Å². The Bertz CT molecular complexity index is 459. The lowest BCUT2D eigenvalue weighted by Gasteiger charge is -2.23. The van der Waals surface area contributed by atoms with E-state index in [0.29, 0.717) is 18.3 Å². The Morgan fingerprint density at radius 2 is 2.29 bits per heavy atom. The fourth-order valence-electron chi connectivity index (χ4n) is 2.67. The first-order valence-corrected chi connectivity index (χ1v) is 7.61. The number of nitrogens with one attached hydrogen (secondary N) is 2. The van der Waals surface area contributed by atoms with Crippen molar-refractivity contribution in [2.75, 3.05) is 38.6 Å². The smallest absolute Gasteiger partial charge is 0.238 e. The molecule has 116 valence electrons. The van der Waals surface area contributed by atoms with Crippen molar-refractivity contribution >= 4 is 11.6 Å². The Balaban J connectivity index is 1.87. The average Bonchev–Trinajstić information content (AvgIpc) is 3.00. The van der Waals surface area contributed by atoms with Crippen LogP contribution < -0.4 is 15.4 Å². The number of hydrogen-bond donors (Lipinski definition) is 2. The van der Waals surface area contributed by atoms with E-state index in [4.69, 9.17) is 4.74 Å². The first-order valence-electron chi connectivity index (χ1n) is 7.61. The molecule has 2 N–H and O–H groups in total. The summed E-state index contributed by atoms with van der Waals surface area (Å²) >= 11 is 0. The van der Waals surface area contributed by atoms with Gasteiger partial charge in [-0.15, -0.1) is 0 Å². The lowest BCUT2D eigenvalue weighted by molar-refractivity contribution is -0.117. The van der Waals surface area contributed by atoms with E-state index >= 15 is 0 Å². The number of amides is 1. The molecule has 1 aliphatic heterocycles. The maximum atomic E-state index is 12.2. The summed E-state index contributed by atoms with van der Waals surface area (Å²) in [7, 11) is 1.61. The van der Waals surface area contributed by atoms with Crippen LogP contribution in [0.3, 0.4) is 0 Å². The minimum atomic E-state index is -0.000605. The summed E-state index contributed by atoms with van der Waals surface area (Å²) < 4.78 is 5.25. The lowest BCUT2D eigenvalue weighted by Crippen LogP contribution is -2.41. The molecule has 1 amide bonds. The number of anilines is 1. The second-order valence-electron chi connectivity index (χ2n) is 5.37. The van der Waals surface area contributed by atoms with E-state index in [1.165, 1.54) is 12.8 Å². The molecule has 1 fully saturated rings. The van der Waals surface area contributed by atoms with Crippen LogP contribution in [0.2, 0.25) is 0 Å². The first-order chi connectivity index (χ1) is 10.2. The highest BCUT2D eigenvalue weighted by Crippen LogP contribution is 2.22. The molecule has 0 radical (unpaired) electrons. The van der Waals surface area contributed by atoms with Crippen LogP contribution in [0, 0.1) is 0 Å². The van der Waals surface area contributed by atoms with Gasteiger partial charge in [-0.3, -0.25) is 9.69 Å². The van der Waals surface area contributed by atoms with Crippen LogP contribution in [0.4, 0.5) is 5.69 Å². The number of benzene rings is 1. The molecule has 1 aromatic carbocycles. The molecule has 0 saturated carbocycles. The second kappa shape index (κ2) is 8.00. The van der Waals surface area contributed by atoms with Gasteiger partial charge in [0.15, 0.2) is 0 Å². The zero-order chi connectivity index (χ0) is 15.1. The molecule has 21 heavy (non-hydrogen) atoms. The zero-order valence-electron chi connectivity index (χ0n) is 12.9. The van der Waals surface area contributed by atoms with Gasteiger partial charge in [0.1, 0.15) is 5.75 Å². The van der Waals surface area contributed by atoms with E-state index in [1.807, 2.05) is 24.3 Å². The number of ether oxygens (including phenoxy) is 1. The van der Waals surface area contributed by atoms with E-state index in [2.05, 4.69) is 22.5 Å². The second-order valence-corrected chi connectivity index (χ2v) is 5.37. The molecule has 1 unspecified atom stereocenters. The molecule has 2 rings (SSSR count). The first kappa shape index (κ1) is 15.8. The van der Waals surface area contributed by atoms with Crippen LogP contribution in [0.1, 0.15) is 19.8 Å². The lowest BCUT2D eigenvalue weighted by atomic mass is 10.2. The van der Waals surface area contributed by atoms with Gasteiger partial charge in [-0.1, -0.05) is 19.1 Å². The summed E-state index contributed by atoms with van der Waals surface area (Å²) in [5.74, 6) is 0.686. The quantitative estimate of drug-likeness (QED) is 0.803. The van der Waals surface area contributed by atoms with Crippen molar-refractivity contribution in [3.05, 3.63) is 24.3 Å². The molecule has 0 aromatic heterocycles. The van der Waals surface area contributed by atoms with Crippen molar-refractivity contribution in [3.8, 4) is 5.75 Å². The highest BCUT2D eigenvalue weighted by Gasteiger charge is 2.19. The van der Waals surface area contributed by atoms with Gasteiger partial charge in [-0.2, -0.15) is 0 Å². The molecule has 0 aliphatic carbocycles. The van der Waals surface area contributed by atoms with Crippen LogP contribution in [-0.2, 0) is 4.79 Å². The Kier molecular flexibility index (Phi) is 6.02. The van der Waals surface area contributed by atoms with E-state index in [-0.39, 0.29) is 5.91 Å². The van der Waals surface area contributed by atoms with Crippen molar-refractivity contribution in [1.29, 1.82) is 0 Å². The van der Waals surface area contributed by atoms with E-state index in [0.717, 1.165) is 25.3 Å². The normalized spacial score (nSPS) is 18.0. The molecule has 1 atom stereocenters. The van der Waals surface area contributed by atoms with Gasteiger partial charge >= 0.3 is 0 Å². The number of nitrogens with zero attached hydrogens (tertiary/aromatic N) is 1. The predicted molar refractivity (Wildman–Crippen MR) is 84.8 cm³/mol. The summed E-state index contributed by atoms with van der Waals surface area (Å²) in [5.41, 5.74) is 0.722. The molecule has 5 heteroatoms. The van der Waals surface area contributed by atoms with Crippen LogP contribution in [0.25, 0.3) is 0 Å². The highest BCUT2D eigenvalue weighted by molar-refractivity contribution is 5.93. The fourth-order valence-corrected chi connectivity index (χ4v) is 2.67. The van der Waals surface area contributed by atoms with E-state index < -0.39 is 0 Å². The molecule has 1 heterocycles. The third-order valence-electron chi connectivity index (χ3n) is 3.84. The Hall–Kier alpha value is -1.59. The molecule has 1 saturated heterocycles. The maximum absolute atomic E-state index is 12.2. The van der Waals surface area contributed by atoms with Crippen LogP contribution >= 0.6 is 0 Å². The van der Waals surface area contributed by atoms with Crippen molar-refractivity contribution in [2.24, 2.45) is 0 Å². The van der Waals surface area contributed by atoms with Crippen molar-refractivity contribution in [1.82, 2.24) is 10.2 Å². The van der Waals surface area contributed by atoms with E-state index in [1.54, 1.807) is 7.11 Å². The zero-order valence-corrected chi connectivity index (χ0v) is 12.9. The van der Waals surface area contributed by atoms with Crippen molar-refractivity contribution < 1.29 is 9.53 Å². The molecule has 0 spiro atoms. The number of para-hydroxylation sites is 2. The van der Waals surface area contributed by atoms with Gasteiger partial charge in [0, 0.05) is 12.6 Å². The number of rotatable bonds is 7. The average molecular weight is 291 g/mol. The fraction of sp³-hybridized carbons (Fsp3) is 0.562. The predicted octanol–water partition coefficient (Wildman–Crippen LogP) is 1.71. The Morgan fingerprint density at radius 1 is 1.48 bits per heavy atom. The molecule has 1 aliphatic rings. The van der Waals surface area contributed by atoms with Gasteiger partial charge < -0.3 is 15.4 Å². The highest BCUT2D eigenvalue weighted by atomic mass is 16.5. The number of hydrogen-bond acceptors (Lipinski definition) is 4. The SMILES string of the molecule is CCN(CC(=O)Nc1ccccc1OC)CC1CCCN1. The summed E-state index contributed by atoms with van der Waals surface area (Å²) in [6.07, 6.45) is 2.43. The summed E-state index contributed by atoms with van der Waals surface area (Å²) in [4.78, 5) is 14.4. The number of likely N-dealkylation sites (N-methyl/N-ethyl adjacent to an activating group) is 1. The largest absolute Gasteiger partial charge is 0.495 e. The van der Waals surface area contributed by atoms with Crippen LogP contribution in [0.5, 0.6) is 5.75 Å². The van der Waals surface area contributed by atoms with Gasteiger partial charge in [-0.05, 0) is 38.1 Å². The molecule has 5 nitrogen and oxygen atoms in total.